The zero-order valence-corrected chi connectivity index (χ0v) is 14.6. The number of methoxy groups -OCH3 is 1. The molecule has 0 amide bonds. The van der Waals surface area contributed by atoms with Crippen LogP contribution >= 0.6 is 0 Å². The average Bonchev–Trinajstić information content (AvgIpc) is 3.09. The first-order chi connectivity index (χ1) is 11.0. The largest absolute Gasteiger partial charge is 0.384 e. The molecule has 23 heavy (non-hydrogen) atoms. The molecule has 0 N–H and O–H groups in total. The van der Waals surface area contributed by atoms with E-state index in [-0.39, 0.29) is 5.41 Å². The van der Waals surface area contributed by atoms with Crippen LogP contribution in [-0.4, -0.2) is 50.0 Å². The van der Waals surface area contributed by atoms with Crippen molar-refractivity contribution in [3.63, 3.8) is 0 Å². The van der Waals surface area contributed by atoms with E-state index in [2.05, 4.69) is 22.0 Å². The fourth-order valence-electron chi connectivity index (χ4n) is 2.91. The Morgan fingerprint density at radius 2 is 2.26 bits per heavy atom. The molecule has 3 heterocycles. The number of aromatic nitrogens is 4. The number of fused-ring (bicyclic) bond motifs is 1. The molecule has 0 bridgehead atoms. The number of nitrogens with zero attached hydrogens (tertiary/aromatic N) is 5. The Labute approximate surface area is 138 Å². The van der Waals surface area contributed by atoms with Crippen molar-refractivity contribution in [3.8, 4) is 0 Å². The normalized spacial score (nSPS) is 21.5. The third kappa shape index (κ3) is 2.76. The van der Waals surface area contributed by atoms with Crippen molar-refractivity contribution in [1.82, 2.24) is 19.7 Å². The minimum atomic E-state index is -1.18. The van der Waals surface area contributed by atoms with Crippen LogP contribution in [0.3, 0.4) is 0 Å². The summed E-state index contributed by atoms with van der Waals surface area (Å²) in [5.74, 6) is 2.09. The number of ether oxygens (including phenoxy) is 1. The minimum absolute atomic E-state index is 0.228. The Bertz CT molecular complexity index is 747. The summed E-state index contributed by atoms with van der Waals surface area (Å²) < 4.78 is 19.2. The van der Waals surface area contributed by atoms with Gasteiger partial charge in [0.05, 0.1) is 17.4 Å². The predicted octanol–water partition coefficient (Wildman–Crippen LogP) is 1.39. The summed E-state index contributed by atoms with van der Waals surface area (Å²) in [6, 6.07) is 1.95. The molecule has 0 aliphatic carbocycles. The van der Waals surface area contributed by atoms with E-state index in [0.717, 1.165) is 17.2 Å². The molecule has 0 aromatic carbocycles. The molecule has 0 saturated carbocycles. The standard InChI is InChI=1S/C15H21N5O2S/c1-5-23(21)14-16-8-11-13(17-14)20(9-15(11,2)10-22-4)12-6-7-19(3)18-12/h6-8H,5,9-10H2,1-4H3. The Balaban J connectivity index is 2.10. The maximum absolute atomic E-state index is 12.1. The van der Waals surface area contributed by atoms with Gasteiger partial charge in [0.15, 0.2) is 5.82 Å². The van der Waals surface area contributed by atoms with Crippen LogP contribution in [0.25, 0.3) is 0 Å². The lowest BCUT2D eigenvalue weighted by molar-refractivity contribution is 0.145. The summed E-state index contributed by atoms with van der Waals surface area (Å²) in [4.78, 5) is 10.9. The topological polar surface area (TPSA) is 73.1 Å². The smallest absolute Gasteiger partial charge is 0.220 e. The van der Waals surface area contributed by atoms with Crippen LogP contribution < -0.4 is 4.90 Å². The average molecular weight is 335 g/mol. The molecular weight excluding hydrogens is 314 g/mol. The van der Waals surface area contributed by atoms with Gasteiger partial charge >= 0.3 is 0 Å². The van der Waals surface area contributed by atoms with Crippen molar-refractivity contribution >= 4 is 22.4 Å². The van der Waals surface area contributed by atoms with Gasteiger partial charge in [0.1, 0.15) is 5.82 Å². The highest BCUT2D eigenvalue weighted by Crippen LogP contribution is 2.42. The number of anilines is 2. The van der Waals surface area contributed by atoms with Gasteiger partial charge in [-0.25, -0.2) is 9.97 Å². The van der Waals surface area contributed by atoms with Gasteiger partial charge in [-0.3, -0.25) is 8.89 Å². The molecule has 3 rings (SSSR count). The Kier molecular flexibility index (Phi) is 4.20. The number of rotatable bonds is 5. The lowest BCUT2D eigenvalue weighted by Gasteiger charge is -2.23. The molecule has 2 aromatic heterocycles. The van der Waals surface area contributed by atoms with Gasteiger partial charge in [-0.1, -0.05) is 13.8 Å². The highest BCUT2D eigenvalue weighted by molar-refractivity contribution is 7.84. The van der Waals surface area contributed by atoms with Crippen molar-refractivity contribution < 1.29 is 8.95 Å². The van der Waals surface area contributed by atoms with Gasteiger partial charge in [0.2, 0.25) is 5.16 Å². The third-order valence-corrected chi connectivity index (χ3v) is 5.19. The summed E-state index contributed by atoms with van der Waals surface area (Å²) in [6.07, 6.45) is 3.68. The summed E-state index contributed by atoms with van der Waals surface area (Å²) in [7, 11) is 2.39. The number of hydrogen-bond acceptors (Lipinski definition) is 6. The van der Waals surface area contributed by atoms with Crippen molar-refractivity contribution in [3.05, 3.63) is 24.0 Å². The summed E-state index contributed by atoms with van der Waals surface area (Å²) in [5, 5.41) is 4.85. The molecule has 2 unspecified atom stereocenters. The first-order valence-corrected chi connectivity index (χ1v) is 8.82. The van der Waals surface area contributed by atoms with Crippen LogP contribution in [0.4, 0.5) is 11.6 Å². The van der Waals surface area contributed by atoms with E-state index < -0.39 is 10.8 Å². The zero-order chi connectivity index (χ0) is 16.6. The van der Waals surface area contributed by atoms with Gasteiger partial charge in [-0.2, -0.15) is 5.10 Å². The van der Waals surface area contributed by atoms with E-state index in [9.17, 15) is 4.21 Å². The van der Waals surface area contributed by atoms with Crippen LogP contribution in [0, 0.1) is 0 Å². The third-order valence-electron chi connectivity index (χ3n) is 4.06. The molecule has 0 saturated heterocycles. The molecule has 1 aliphatic rings. The molecule has 124 valence electrons. The van der Waals surface area contributed by atoms with Gasteiger partial charge in [0.25, 0.3) is 0 Å². The maximum atomic E-state index is 12.1. The predicted molar refractivity (Wildman–Crippen MR) is 88.4 cm³/mol. The molecular formula is C15H21N5O2S. The van der Waals surface area contributed by atoms with Crippen LogP contribution in [0.15, 0.2) is 23.6 Å². The van der Waals surface area contributed by atoms with E-state index in [1.165, 1.54) is 0 Å². The summed E-state index contributed by atoms with van der Waals surface area (Å²) >= 11 is 0. The van der Waals surface area contributed by atoms with E-state index >= 15 is 0 Å². The van der Waals surface area contributed by atoms with Crippen LogP contribution in [-0.2, 0) is 28.0 Å². The lowest BCUT2D eigenvalue weighted by Crippen LogP contribution is -2.33. The van der Waals surface area contributed by atoms with Crippen molar-refractivity contribution in [1.29, 1.82) is 0 Å². The molecule has 0 fully saturated rings. The zero-order valence-electron chi connectivity index (χ0n) is 13.8. The Morgan fingerprint density at radius 1 is 1.48 bits per heavy atom. The Hall–Kier alpha value is -1.80. The van der Waals surface area contributed by atoms with Crippen molar-refractivity contribution in [2.45, 2.75) is 24.4 Å². The fourth-order valence-corrected chi connectivity index (χ4v) is 3.53. The summed E-state index contributed by atoms with van der Waals surface area (Å²) in [6.45, 7) is 5.24. The monoisotopic (exact) mass is 335 g/mol. The maximum Gasteiger partial charge on any atom is 0.220 e. The van der Waals surface area contributed by atoms with Gasteiger partial charge in [-0.15, -0.1) is 0 Å². The Morgan fingerprint density at radius 3 is 2.87 bits per heavy atom. The SMILES string of the molecule is CCS(=O)c1ncc2c(n1)N(c1ccn(C)n1)CC2(C)COC. The molecule has 2 aromatic rings. The summed E-state index contributed by atoms with van der Waals surface area (Å²) in [5.41, 5.74) is 0.773. The molecule has 2 atom stereocenters. The van der Waals surface area contributed by atoms with Crippen molar-refractivity contribution in [2.75, 3.05) is 30.9 Å². The highest BCUT2D eigenvalue weighted by Gasteiger charge is 2.42. The van der Waals surface area contributed by atoms with Gasteiger partial charge < -0.3 is 9.64 Å². The minimum Gasteiger partial charge on any atom is -0.384 e. The second-order valence-electron chi connectivity index (χ2n) is 5.95. The van der Waals surface area contributed by atoms with E-state index in [1.54, 1.807) is 18.0 Å². The van der Waals surface area contributed by atoms with E-state index in [4.69, 9.17) is 4.74 Å². The lowest BCUT2D eigenvalue weighted by atomic mass is 9.87. The first kappa shape index (κ1) is 16.1. The van der Waals surface area contributed by atoms with Crippen LogP contribution in [0.1, 0.15) is 19.4 Å². The van der Waals surface area contributed by atoms with Crippen molar-refractivity contribution in [2.24, 2.45) is 7.05 Å². The molecule has 8 heteroatoms. The van der Waals surface area contributed by atoms with Crippen LogP contribution in [0.5, 0.6) is 0 Å². The quantitative estimate of drug-likeness (QED) is 0.769. The van der Waals surface area contributed by atoms with E-state index in [0.29, 0.717) is 24.1 Å². The second kappa shape index (κ2) is 6.01. The molecule has 7 nitrogen and oxygen atoms in total. The highest BCUT2D eigenvalue weighted by atomic mass is 32.2. The molecule has 0 spiro atoms. The number of hydrogen-bond donors (Lipinski definition) is 0. The molecule has 1 aliphatic heterocycles. The van der Waals surface area contributed by atoms with Gasteiger partial charge in [-0.05, 0) is 0 Å². The molecule has 0 radical (unpaired) electrons. The van der Waals surface area contributed by atoms with E-state index in [1.807, 2.05) is 31.1 Å². The van der Waals surface area contributed by atoms with Crippen LogP contribution in [0.2, 0.25) is 0 Å². The van der Waals surface area contributed by atoms with Gasteiger partial charge in [0, 0.05) is 55.9 Å². The number of aryl methyl sites for hydroxylation is 1. The first-order valence-electron chi connectivity index (χ1n) is 7.50. The second-order valence-corrected chi connectivity index (χ2v) is 7.59. The fraction of sp³-hybridized carbons (Fsp3) is 0.533.